The SMILES string of the molecule is Cc1cccc(C#N)c1-c1cccc2ccccc12. The van der Waals surface area contributed by atoms with E-state index in [2.05, 4.69) is 43.3 Å². The summed E-state index contributed by atoms with van der Waals surface area (Å²) in [5.74, 6) is 0. The second-order valence-electron chi connectivity index (χ2n) is 4.64. The van der Waals surface area contributed by atoms with E-state index in [0.717, 1.165) is 22.3 Å². The van der Waals surface area contributed by atoms with Crippen molar-refractivity contribution in [3.05, 3.63) is 71.8 Å². The zero-order valence-corrected chi connectivity index (χ0v) is 10.7. The molecule has 0 saturated heterocycles. The van der Waals surface area contributed by atoms with E-state index in [0.29, 0.717) is 0 Å². The molecule has 0 amide bonds. The van der Waals surface area contributed by atoms with Crippen molar-refractivity contribution in [1.82, 2.24) is 0 Å². The van der Waals surface area contributed by atoms with Crippen LogP contribution in [0.1, 0.15) is 11.1 Å². The van der Waals surface area contributed by atoms with Crippen LogP contribution in [0.4, 0.5) is 0 Å². The summed E-state index contributed by atoms with van der Waals surface area (Å²) in [4.78, 5) is 0. The molecule has 0 atom stereocenters. The summed E-state index contributed by atoms with van der Waals surface area (Å²) in [5.41, 5.74) is 4.04. The van der Waals surface area contributed by atoms with Crippen molar-refractivity contribution in [2.45, 2.75) is 6.92 Å². The molecular formula is C18H13N. The van der Waals surface area contributed by atoms with Crippen LogP contribution in [0.5, 0.6) is 0 Å². The quantitative estimate of drug-likeness (QED) is 0.608. The molecule has 0 saturated carbocycles. The van der Waals surface area contributed by atoms with E-state index < -0.39 is 0 Å². The Hall–Kier alpha value is -2.59. The first-order valence-electron chi connectivity index (χ1n) is 6.29. The molecule has 0 aliphatic heterocycles. The second kappa shape index (κ2) is 4.59. The molecule has 0 heterocycles. The number of aryl methyl sites for hydroxylation is 1. The number of hydrogen-bond acceptors (Lipinski definition) is 1. The van der Waals surface area contributed by atoms with Gasteiger partial charge in [-0.1, -0.05) is 54.6 Å². The van der Waals surface area contributed by atoms with E-state index in [9.17, 15) is 5.26 Å². The minimum absolute atomic E-state index is 0.733. The van der Waals surface area contributed by atoms with Crippen molar-refractivity contribution in [1.29, 1.82) is 5.26 Å². The van der Waals surface area contributed by atoms with E-state index in [-0.39, 0.29) is 0 Å². The van der Waals surface area contributed by atoms with Gasteiger partial charge in [0.15, 0.2) is 0 Å². The van der Waals surface area contributed by atoms with Gasteiger partial charge in [-0.05, 0) is 34.9 Å². The fourth-order valence-electron chi connectivity index (χ4n) is 2.56. The summed E-state index contributed by atoms with van der Waals surface area (Å²) >= 11 is 0. The summed E-state index contributed by atoms with van der Waals surface area (Å²) in [6, 6.07) is 22.7. The van der Waals surface area contributed by atoms with Crippen LogP contribution < -0.4 is 0 Å². The zero-order chi connectivity index (χ0) is 13.2. The zero-order valence-electron chi connectivity index (χ0n) is 10.7. The van der Waals surface area contributed by atoms with Gasteiger partial charge < -0.3 is 0 Å². The fraction of sp³-hybridized carbons (Fsp3) is 0.0556. The molecule has 0 N–H and O–H groups in total. The van der Waals surface area contributed by atoms with Gasteiger partial charge >= 0.3 is 0 Å². The van der Waals surface area contributed by atoms with Crippen LogP contribution in [-0.2, 0) is 0 Å². The second-order valence-corrected chi connectivity index (χ2v) is 4.64. The average Bonchev–Trinajstić information content (AvgIpc) is 2.46. The predicted octanol–water partition coefficient (Wildman–Crippen LogP) is 4.69. The highest BCUT2D eigenvalue weighted by Crippen LogP contribution is 2.33. The van der Waals surface area contributed by atoms with E-state index in [4.69, 9.17) is 0 Å². The summed E-state index contributed by atoms with van der Waals surface area (Å²) < 4.78 is 0. The number of benzene rings is 3. The first-order valence-corrected chi connectivity index (χ1v) is 6.29. The molecule has 3 aromatic rings. The summed E-state index contributed by atoms with van der Waals surface area (Å²) in [6.45, 7) is 2.05. The highest BCUT2D eigenvalue weighted by atomic mass is 14.3. The number of rotatable bonds is 1. The molecule has 0 aromatic heterocycles. The predicted molar refractivity (Wildman–Crippen MR) is 78.8 cm³/mol. The Balaban J connectivity index is 2.41. The smallest absolute Gasteiger partial charge is 0.0998 e. The molecule has 0 fully saturated rings. The maximum absolute atomic E-state index is 9.33. The Morgan fingerprint density at radius 3 is 2.42 bits per heavy atom. The summed E-state index contributed by atoms with van der Waals surface area (Å²) in [6.07, 6.45) is 0. The minimum atomic E-state index is 0.733. The topological polar surface area (TPSA) is 23.8 Å². The molecule has 3 aromatic carbocycles. The van der Waals surface area contributed by atoms with E-state index in [1.807, 2.05) is 30.3 Å². The molecule has 0 spiro atoms. The van der Waals surface area contributed by atoms with Crippen molar-refractivity contribution in [2.24, 2.45) is 0 Å². The Morgan fingerprint density at radius 1 is 0.842 bits per heavy atom. The Kier molecular flexibility index (Phi) is 2.78. The van der Waals surface area contributed by atoms with Crippen molar-refractivity contribution in [3.8, 4) is 17.2 Å². The third-order valence-electron chi connectivity index (χ3n) is 3.45. The van der Waals surface area contributed by atoms with Gasteiger partial charge in [0.05, 0.1) is 11.6 Å². The lowest BCUT2D eigenvalue weighted by Gasteiger charge is -2.11. The van der Waals surface area contributed by atoms with Gasteiger partial charge in [-0.25, -0.2) is 0 Å². The fourth-order valence-corrected chi connectivity index (χ4v) is 2.56. The normalized spacial score (nSPS) is 10.3. The van der Waals surface area contributed by atoms with Gasteiger partial charge in [-0.2, -0.15) is 5.26 Å². The third-order valence-corrected chi connectivity index (χ3v) is 3.45. The van der Waals surface area contributed by atoms with Crippen molar-refractivity contribution in [3.63, 3.8) is 0 Å². The molecule has 0 bridgehead atoms. The van der Waals surface area contributed by atoms with Gasteiger partial charge in [0.2, 0.25) is 0 Å². The van der Waals surface area contributed by atoms with Crippen LogP contribution in [0.3, 0.4) is 0 Å². The standard InChI is InChI=1S/C18H13N/c1-13-6-4-9-15(12-19)18(13)17-11-5-8-14-7-2-3-10-16(14)17/h2-11H,1H3. The summed E-state index contributed by atoms with van der Waals surface area (Å²) in [5, 5.41) is 11.7. The Morgan fingerprint density at radius 2 is 1.58 bits per heavy atom. The van der Waals surface area contributed by atoms with Gasteiger partial charge in [-0.15, -0.1) is 0 Å². The molecule has 1 heteroatoms. The number of hydrogen-bond donors (Lipinski definition) is 0. The van der Waals surface area contributed by atoms with Crippen molar-refractivity contribution < 1.29 is 0 Å². The van der Waals surface area contributed by atoms with Crippen molar-refractivity contribution in [2.75, 3.05) is 0 Å². The Labute approximate surface area is 112 Å². The molecule has 0 aliphatic rings. The maximum Gasteiger partial charge on any atom is 0.0998 e. The molecule has 0 radical (unpaired) electrons. The Bertz CT molecular complexity index is 789. The lowest BCUT2D eigenvalue weighted by molar-refractivity contribution is 1.42. The lowest BCUT2D eigenvalue weighted by Crippen LogP contribution is -1.89. The van der Waals surface area contributed by atoms with Gasteiger partial charge in [0.25, 0.3) is 0 Å². The van der Waals surface area contributed by atoms with Crippen LogP contribution in [-0.4, -0.2) is 0 Å². The average molecular weight is 243 g/mol. The first kappa shape index (κ1) is 11.5. The van der Waals surface area contributed by atoms with Gasteiger partial charge in [0, 0.05) is 5.56 Å². The highest BCUT2D eigenvalue weighted by Gasteiger charge is 2.10. The highest BCUT2D eigenvalue weighted by molar-refractivity contribution is 5.98. The minimum Gasteiger partial charge on any atom is -0.192 e. The molecule has 0 aliphatic carbocycles. The lowest BCUT2D eigenvalue weighted by atomic mass is 9.92. The molecule has 90 valence electrons. The summed E-state index contributed by atoms with van der Waals surface area (Å²) in [7, 11) is 0. The molecule has 1 nitrogen and oxygen atoms in total. The van der Waals surface area contributed by atoms with Crippen LogP contribution in [0.25, 0.3) is 21.9 Å². The van der Waals surface area contributed by atoms with E-state index in [1.54, 1.807) is 0 Å². The van der Waals surface area contributed by atoms with E-state index in [1.165, 1.54) is 10.8 Å². The van der Waals surface area contributed by atoms with Crippen LogP contribution in [0, 0.1) is 18.3 Å². The number of nitrogens with zero attached hydrogens (tertiary/aromatic N) is 1. The van der Waals surface area contributed by atoms with Gasteiger partial charge in [-0.3, -0.25) is 0 Å². The first-order chi connectivity index (χ1) is 9.31. The maximum atomic E-state index is 9.33. The molecule has 19 heavy (non-hydrogen) atoms. The molecular weight excluding hydrogens is 230 g/mol. The molecule has 0 unspecified atom stereocenters. The van der Waals surface area contributed by atoms with Crippen LogP contribution in [0.2, 0.25) is 0 Å². The van der Waals surface area contributed by atoms with E-state index >= 15 is 0 Å². The van der Waals surface area contributed by atoms with Gasteiger partial charge in [0.1, 0.15) is 0 Å². The van der Waals surface area contributed by atoms with Crippen LogP contribution >= 0.6 is 0 Å². The number of nitriles is 1. The van der Waals surface area contributed by atoms with Crippen LogP contribution in [0.15, 0.2) is 60.7 Å². The third kappa shape index (κ3) is 1.88. The number of fused-ring (bicyclic) bond motifs is 1. The largest absolute Gasteiger partial charge is 0.192 e. The molecule has 3 rings (SSSR count). The monoisotopic (exact) mass is 243 g/mol. The van der Waals surface area contributed by atoms with Crippen molar-refractivity contribution >= 4 is 10.8 Å².